The van der Waals surface area contributed by atoms with Crippen LogP contribution in [-0.2, 0) is 9.53 Å². The van der Waals surface area contributed by atoms with Gasteiger partial charge in [-0.15, -0.1) is 11.3 Å². The first-order valence-corrected chi connectivity index (χ1v) is 5.76. The Morgan fingerprint density at radius 3 is 2.88 bits per heavy atom. The van der Waals surface area contributed by atoms with Crippen LogP contribution in [0.5, 0.6) is 0 Å². The Kier molecular flexibility index (Phi) is 3.14. The van der Waals surface area contributed by atoms with Crippen molar-refractivity contribution in [3.8, 4) is 0 Å². The number of hydrogen-bond donors (Lipinski definition) is 1. The van der Waals surface area contributed by atoms with Crippen molar-refractivity contribution in [1.82, 2.24) is 0 Å². The first kappa shape index (κ1) is 11.4. The van der Waals surface area contributed by atoms with Crippen molar-refractivity contribution in [3.63, 3.8) is 0 Å². The predicted octanol–water partition coefficient (Wildman–Crippen LogP) is 3.33. The van der Waals surface area contributed by atoms with Crippen molar-refractivity contribution >= 4 is 39.0 Å². The Bertz CT molecular complexity index is 535. The molecule has 0 amide bonds. The minimum absolute atomic E-state index is 0.625. The maximum atomic E-state index is 10.9. The average Bonchev–Trinajstić information content (AvgIpc) is 2.63. The van der Waals surface area contributed by atoms with Gasteiger partial charge in [-0.05, 0) is 18.2 Å². The number of thiophene rings is 1. The maximum Gasteiger partial charge on any atom is 0.338 e. The average molecular weight is 257 g/mol. The molecule has 0 aliphatic rings. The van der Waals surface area contributed by atoms with Crippen molar-refractivity contribution < 1.29 is 14.6 Å². The van der Waals surface area contributed by atoms with Crippen molar-refractivity contribution in [1.29, 1.82) is 0 Å². The first-order chi connectivity index (χ1) is 7.63. The van der Waals surface area contributed by atoms with Crippen LogP contribution in [-0.4, -0.2) is 18.2 Å². The number of fused-ring (bicyclic) bond motifs is 1. The summed E-state index contributed by atoms with van der Waals surface area (Å²) in [5.74, 6) is -0.995. The number of methoxy groups -OCH3 is 1. The smallest absolute Gasteiger partial charge is 0.338 e. The van der Waals surface area contributed by atoms with Gasteiger partial charge in [-0.1, -0.05) is 17.7 Å². The molecule has 84 valence electrons. The van der Waals surface area contributed by atoms with Crippen LogP contribution in [0.15, 0.2) is 24.3 Å². The largest absolute Gasteiger partial charge is 0.479 e. The van der Waals surface area contributed by atoms with Gasteiger partial charge in [0.05, 0.1) is 0 Å². The molecule has 0 saturated heterocycles. The van der Waals surface area contributed by atoms with Gasteiger partial charge in [-0.3, -0.25) is 0 Å². The monoisotopic (exact) mass is 256 g/mol. The van der Waals surface area contributed by atoms with Crippen molar-refractivity contribution in [2.45, 2.75) is 6.10 Å². The first-order valence-electron chi connectivity index (χ1n) is 4.57. The molecule has 1 N–H and O–H groups in total. The van der Waals surface area contributed by atoms with Gasteiger partial charge in [-0.25, -0.2) is 4.79 Å². The number of aliphatic carboxylic acids is 1. The van der Waals surface area contributed by atoms with E-state index in [1.165, 1.54) is 18.4 Å². The molecule has 1 aromatic carbocycles. The van der Waals surface area contributed by atoms with Crippen molar-refractivity contribution in [3.05, 3.63) is 34.2 Å². The Morgan fingerprint density at radius 2 is 2.31 bits per heavy atom. The van der Waals surface area contributed by atoms with E-state index in [2.05, 4.69) is 0 Å². The summed E-state index contributed by atoms with van der Waals surface area (Å²) in [4.78, 5) is 11.6. The molecule has 2 aromatic rings. The van der Waals surface area contributed by atoms with E-state index >= 15 is 0 Å². The van der Waals surface area contributed by atoms with Gasteiger partial charge in [0, 0.05) is 27.1 Å². The van der Waals surface area contributed by atoms with Crippen LogP contribution in [0.1, 0.15) is 11.0 Å². The summed E-state index contributed by atoms with van der Waals surface area (Å²) in [6.45, 7) is 0. The molecule has 1 atom stereocenters. The van der Waals surface area contributed by atoms with E-state index in [4.69, 9.17) is 21.4 Å². The lowest BCUT2D eigenvalue weighted by molar-refractivity contribution is -0.148. The lowest BCUT2D eigenvalue weighted by Crippen LogP contribution is -2.11. The zero-order valence-corrected chi connectivity index (χ0v) is 10.0. The van der Waals surface area contributed by atoms with Gasteiger partial charge < -0.3 is 9.84 Å². The fourth-order valence-corrected chi connectivity index (χ4v) is 2.96. The van der Waals surface area contributed by atoms with E-state index in [1.807, 2.05) is 12.1 Å². The third kappa shape index (κ3) is 1.91. The molecule has 0 bridgehead atoms. The third-order valence-electron chi connectivity index (χ3n) is 2.25. The summed E-state index contributed by atoms with van der Waals surface area (Å²) in [7, 11) is 1.38. The molecule has 16 heavy (non-hydrogen) atoms. The number of hydrogen-bond acceptors (Lipinski definition) is 3. The molecule has 0 aliphatic carbocycles. The second kappa shape index (κ2) is 4.41. The van der Waals surface area contributed by atoms with Crippen LogP contribution in [0.3, 0.4) is 0 Å². The summed E-state index contributed by atoms with van der Waals surface area (Å²) >= 11 is 7.40. The molecule has 0 aliphatic heterocycles. The van der Waals surface area contributed by atoms with E-state index in [0.29, 0.717) is 9.90 Å². The third-order valence-corrected chi connectivity index (χ3v) is 3.72. The van der Waals surface area contributed by atoms with Crippen LogP contribution < -0.4 is 0 Å². The summed E-state index contributed by atoms with van der Waals surface area (Å²) in [6.07, 6.45) is -0.923. The molecule has 0 spiro atoms. The molecular weight excluding hydrogens is 248 g/mol. The predicted molar refractivity (Wildman–Crippen MR) is 64.2 cm³/mol. The van der Waals surface area contributed by atoms with Crippen LogP contribution in [0.4, 0.5) is 0 Å². The highest BCUT2D eigenvalue weighted by Gasteiger charge is 2.21. The summed E-state index contributed by atoms with van der Waals surface area (Å²) < 4.78 is 5.90. The summed E-state index contributed by atoms with van der Waals surface area (Å²) in [6, 6.07) is 7.30. The topological polar surface area (TPSA) is 46.5 Å². The number of carboxylic acids is 1. The van der Waals surface area contributed by atoms with Gasteiger partial charge in [0.25, 0.3) is 0 Å². The Hall–Kier alpha value is -1.10. The van der Waals surface area contributed by atoms with Gasteiger partial charge >= 0.3 is 5.97 Å². The quantitative estimate of drug-likeness (QED) is 0.916. The van der Waals surface area contributed by atoms with Crippen LogP contribution in [0.2, 0.25) is 5.02 Å². The minimum Gasteiger partial charge on any atom is -0.479 e. The van der Waals surface area contributed by atoms with Crippen molar-refractivity contribution in [2.75, 3.05) is 7.11 Å². The fraction of sp³-hybridized carbons (Fsp3) is 0.182. The SMILES string of the molecule is COC(C(=O)O)c1cc2c(Cl)cccc2s1. The zero-order valence-electron chi connectivity index (χ0n) is 8.44. The summed E-state index contributed by atoms with van der Waals surface area (Å²) in [5.41, 5.74) is 0. The highest BCUT2D eigenvalue weighted by atomic mass is 35.5. The molecule has 5 heteroatoms. The lowest BCUT2D eigenvalue weighted by atomic mass is 10.2. The van der Waals surface area contributed by atoms with E-state index < -0.39 is 12.1 Å². The second-order valence-electron chi connectivity index (χ2n) is 3.25. The van der Waals surface area contributed by atoms with Gasteiger partial charge in [0.15, 0.2) is 6.10 Å². The molecular formula is C11H9ClO3S. The number of rotatable bonds is 3. The lowest BCUT2D eigenvalue weighted by Gasteiger charge is -2.06. The van der Waals surface area contributed by atoms with Gasteiger partial charge in [0.1, 0.15) is 0 Å². The molecule has 0 fully saturated rings. The number of carboxylic acid groups (broad SMARTS) is 1. The molecule has 1 heterocycles. The molecule has 0 radical (unpaired) electrons. The normalized spacial score (nSPS) is 12.9. The van der Waals surface area contributed by atoms with Crippen LogP contribution >= 0.6 is 22.9 Å². The zero-order chi connectivity index (χ0) is 11.7. The van der Waals surface area contributed by atoms with Gasteiger partial charge in [0.2, 0.25) is 0 Å². The van der Waals surface area contributed by atoms with Crippen molar-refractivity contribution in [2.24, 2.45) is 0 Å². The highest BCUT2D eigenvalue weighted by molar-refractivity contribution is 7.19. The molecule has 2 rings (SSSR count). The number of benzene rings is 1. The minimum atomic E-state index is -0.995. The van der Waals surface area contributed by atoms with E-state index in [0.717, 1.165) is 10.1 Å². The highest BCUT2D eigenvalue weighted by Crippen LogP contribution is 2.35. The molecule has 1 unspecified atom stereocenters. The molecule has 3 nitrogen and oxygen atoms in total. The Labute approximate surface area is 101 Å². The molecule has 0 saturated carbocycles. The Morgan fingerprint density at radius 1 is 1.56 bits per heavy atom. The number of carbonyl (C=O) groups is 1. The van der Waals surface area contributed by atoms with Gasteiger partial charge in [-0.2, -0.15) is 0 Å². The number of halogens is 1. The standard InChI is InChI=1S/C11H9ClO3S/c1-15-10(11(13)14)9-5-6-7(12)3-2-4-8(6)16-9/h2-5,10H,1H3,(H,13,14). The second-order valence-corrected chi connectivity index (χ2v) is 4.78. The van der Waals surface area contributed by atoms with Crippen LogP contribution in [0.25, 0.3) is 10.1 Å². The summed E-state index contributed by atoms with van der Waals surface area (Å²) in [5, 5.41) is 10.5. The van der Waals surface area contributed by atoms with Crippen LogP contribution in [0, 0.1) is 0 Å². The van der Waals surface area contributed by atoms with E-state index in [1.54, 1.807) is 12.1 Å². The number of ether oxygens (including phenoxy) is 1. The Balaban J connectivity index is 2.54. The van der Waals surface area contributed by atoms with E-state index in [-0.39, 0.29) is 0 Å². The fourth-order valence-electron chi connectivity index (χ4n) is 1.51. The van der Waals surface area contributed by atoms with E-state index in [9.17, 15) is 4.79 Å². The maximum absolute atomic E-state index is 10.9. The molecule has 1 aromatic heterocycles.